The van der Waals surface area contributed by atoms with Crippen molar-refractivity contribution in [2.45, 2.75) is 11.8 Å². The maximum Gasteiger partial charge on any atom is 0.270 e. The van der Waals surface area contributed by atoms with Crippen LogP contribution in [0.3, 0.4) is 0 Å². The van der Waals surface area contributed by atoms with Crippen LogP contribution in [-0.2, 0) is 10.0 Å². The number of benzene rings is 2. The van der Waals surface area contributed by atoms with Gasteiger partial charge in [0, 0.05) is 29.2 Å². The topological polar surface area (TPSA) is 105 Å². The predicted molar refractivity (Wildman–Crippen MR) is 86.9 cm³/mol. The van der Waals surface area contributed by atoms with Crippen LogP contribution in [0, 0.1) is 22.9 Å². The summed E-state index contributed by atoms with van der Waals surface area (Å²) in [6, 6.07) is 7.59. The van der Waals surface area contributed by atoms with E-state index < -0.39 is 20.8 Å². The molecule has 0 bridgehead atoms. The number of nitro benzene ring substituents is 1. The molecular formula is C15H12FN3O4S. The third-order valence-electron chi connectivity index (χ3n) is 3.56. The van der Waals surface area contributed by atoms with Crippen LogP contribution in [-0.4, -0.2) is 18.3 Å². The van der Waals surface area contributed by atoms with E-state index in [0.29, 0.717) is 11.1 Å². The summed E-state index contributed by atoms with van der Waals surface area (Å²) in [4.78, 5) is 12.9. The minimum atomic E-state index is -4.00. The molecule has 0 saturated heterocycles. The van der Waals surface area contributed by atoms with Crippen molar-refractivity contribution in [1.29, 1.82) is 0 Å². The molecule has 0 aliphatic heterocycles. The summed E-state index contributed by atoms with van der Waals surface area (Å²) >= 11 is 0. The van der Waals surface area contributed by atoms with E-state index in [4.69, 9.17) is 0 Å². The number of nitrogens with zero attached hydrogens (tertiary/aromatic N) is 1. The van der Waals surface area contributed by atoms with Gasteiger partial charge in [-0.3, -0.25) is 14.8 Å². The van der Waals surface area contributed by atoms with Gasteiger partial charge in [-0.25, -0.2) is 12.8 Å². The zero-order valence-electron chi connectivity index (χ0n) is 12.4. The van der Waals surface area contributed by atoms with Crippen molar-refractivity contribution in [3.8, 4) is 0 Å². The molecule has 0 spiro atoms. The summed E-state index contributed by atoms with van der Waals surface area (Å²) in [5, 5.41) is 11.1. The monoisotopic (exact) mass is 349 g/mol. The maximum absolute atomic E-state index is 13.1. The van der Waals surface area contributed by atoms with Crippen LogP contribution in [0.25, 0.3) is 10.9 Å². The second-order valence-corrected chi connectivity index (χ2v) is 6.86. The van der Waals surface area contributed by atoms with E-state index in [9.17, 15) is 22.9 Å². The molecule has 0 fully saturated rings. The van der Waals surface area contributed by atoms with Crippen LogP contribution in [0.1, 0.15) is 5.56 Å². The van der Waals surface area contributed by atoms with Crippen LogP contribution in [0.2, 0.25) is 0 Å². The number of non-ortho nitro benzene ring substituents is 1. The van der Waals surface area contributed by atoms with Gasteiger partial charge in [-0.05, 0) is 36.8 Å². The number of aromatic nitrogens is 1. The number of rotatable bonds is 4. The second-order valence-electron chi connectivity index (χ2n) is 5.20. The van der Waals surface area contributed by atoms with Gasteiger partial charge in [0.15, 0.2) is 0 Å². The Morgan fingerprint density at radius 1 is 1.21 bits per heavy atom. The molecule has 0 unspecified atom stereocenters. The fraction of sp³-hybridized carbons (Fsp3) is 0.0667. The smallest absolute Gasteiger partial charge is 0.270 e. The van der Waals surface area contributed by atoms with Gasteiger partial charge < -0.3 is 4.98 Å². The maximum atomic E-state index is 13.1. The Morgan fingerprint density at radius 2 is 1.96 bits per heavy atom. The molecule has 2 N–H and O–H groups in total. The van der Waals surface area contributed by atoms with Crippen LogP contribution < -0.4 is 4.72 Å². The van der Waals surface area contributed by atoms with Gasteiger partial charge in [0.2, 0.25) is 0 Å². The summed E-state index contributed by atoms with van der Waals surface area (Å²) in [6.07, 6.45) is 1.26. The van der Waals surface area contributed by atoms with E-state index in [-0.39, 0.29) is 21.7 Å². The summed E-state index contributed by atoms with van der Waals surface area (Å²) in [6.45, 7) is 1.57. The lowest BCUT2D eigenvalue weighted by Crippen LogP contribution is -2.13. The summed E-state index contributed by atoms with van der Waals surface area (Å²) in [7, 11) is -4.00. The number of sulfonamides is 1. The largest absolute Gasteiger partial charge is 0.360 e. The molecular weight excluding hydrogens is 337 g/mol. The predicted octanol–water partition coefficient (Wildman–Crippen LogP) is 3.32. The fourth-order valence-corrected chi connectivity index (χ4v) is 3.66. The molecule has 0 atom stereocenters. The van der Waals surface area contributed by atoms with E-state index in [2.05, 4.69) is 9.71 Å². The molecule has 124 valence electrons. The Hall–Kier alpha value is -2.94. The molecule has 1 aromatic heterocycles. The van der Waals surface area contributed by atoms with Crippen LogP contribution in [0.15, 0.2) is 47.5 Å². The first-order valence-corrected chi connectivity index (χ1v) is 8.31. The average molecular weight is 349 g/mol. The zero-order chi connectivity index (χ0) is 17.5. The molecule has 0 amide bonds. The van der Waals surface area contributed by atoms with Crippen molar-refractivity contribution in [3.63, 3.8) is 0 Å². The minimum Gasteiger partial charge on any atom is -0.360 e. The van der Waals surface area contributed by atoms with Crippen LogP contribution in [0.5, 0.6) is 0 Å². The standard InChI is InChI=1S/C15H12FN3O4S/c1-9-6-10(16)2-4-13(9)18-24(22,23)15-8-17-14-5-3-11(19(20)21)7-12(14)15/h2-8,17-18H,1H3. The Labute approximate surface area is 136 Å². The quantitative estimate of drug-likeness (QED) is 0.557. The van der Waals surface area contributed by atoms with Crippen molar-refractivity contribution < 1.29 is 17.7 Å². The number of aryl methyl sites for hydroxylation is 1. The van der Waals surface area contributed by atoms with E-state index >= 15 is 0 Å². The molecule has 2 aromatic carbocycles. The van der Waals surface area contributed by atoms with E-state index in [1.54, 1.807) is 6.92 Å². The van der Waals surface area contributed by atoms with Crippen molar-refractivity contribution in [2.75, 3.05) is 4.72 Å². The Bertz CT molecular complexity index is 1060. The number of nitrogens with one attached hydrogen (secondary N) is 2. The average Bonchev–Trinajstić information content (AvgIpc) is 2.94. The normalized spacial score (nSPS) is 11.6. The van der Waals surface area contributed by atoms with Gasteiger partial charge >= 0.3 is 0 Å². The number of hydrogen-bond donors (Lipinski definition) is 2. The first-order chi connectivity index (χ1) is 11.3. The highest BCUT2D eigenvalue weighted by Gasteiger charge is 2.21. The van der Waals surface area contributed by atoms with E-state index in [1.807, 2.05) is 0 Å². The molecule has 24 heavy (non-hydrogen) atoms. The molecule has 9 heteroatoms. The van der Waals surface area contributed by atoms with Gasteiger partial charge in [-0.15, -0.1) is 0 Å². The number of aromatic amines is 1. The van der Waals surface area contributed by atoms with E-state index in [1.165, 1.54) is 36.5 Å². The molecule has 7 nitrogen and oxygen atoms in total. The molecule has 0 saturated carbocycles. The SMILES string of the molecule is Cc1cc(F)ccc1NS(=O)(=O)c1c[nH]c2ccc([N+](=O)[O-])cc12. The zero-order valence-corrected chi connectivity index (χ0v) is 13.2. The number of anilines is 1. The number of halogens is 1. The Morgan fingerprint density at radius 3 is 2.62 bits per heavy atom. The lowest BCUT2D eigenvalue weighted by Gasteiger charge is -2.10. The summed E-state index contributed by atoms with van der Waals surface area (Å²) in [5.41, 5.74) is 0.897. The Balaban J connectivity index is 2.08. The number of hydrogen-bond acceptors (Lipinski definition) is 4. The lowest BCUT2D eigenvalue weighted by atomic mass is 10.2. The Kier molecular flexibility index (Phi) is 3.72. The molecule has 3 aromatic rings. The van der Waals surface area contributed by atoms with Gasteiger partial charge in [-0.1, -0.05) is 0 Å². The number of nitro groups is 1. The van der Waals surface area contributed by atoms with Gasteiger partial charge in [0.1, 0.15) is 10.7 Å². The van der Waals surface area contributed by atoms with Crippen molar-refractivity contribution >= 4 is 32.3 Å². The van der Waals surface area contributed by atoms with Crippen molar-refractivity contribution in [1.82, 2.24) is 4.98 Å². The van der Waals surface area contributed by atoms with Crippen LogP contribution in [0.4, 0.5) is 15.8 Å². The molecule has 1 heterocycles. The minimum absolute atomic E-state index is 0.120. The summed E-state index contributed by atoms with van der Waals surface area (Å²) < 4.78 is 40.7. The highest BCUT2D eigenvalue weighted by molar-refractivity contribution is 7.93. The van der Waals surface area contributed by atoms with Crippen molar-refractivity contribution in [3.05, 3.63) is 64.1 Å². The summed E-state index contributed by atoms with van der Waals surface area (Å²) in [5.74, 6) is -0.474. The molecule has 0 aliphatic rings. The molecule has 3 rings (SSSR count). The molecule has 0 radical (unpaired) electrons. The third kappa shape index (κ3) is 2.81. The highest BCUT2D eigenvalue weighted by Crippen LogP contribution is 2.28. The lowest BCUT2D eigenvalue weighted by molar-refractivity contribution is -0.384. The number of H-pyrrole nitrogens is 1. The van der Waals surface area contributed by atoms with Crippen LogP contribution >= 0.6 is 0 Å². The number of fused-ring (bicyclic) bond motifs is 1. The first kappa shape index (κ1) is 15.9. The third-order valence-corrected chi connectivity index (χ3v) is 4.97. The first-order valence-electron chi connectivity index (χ1n) is 6.82. The second kappa shape index (κ2) is 5.60. The molecule has 0 aliphatic carbocycles. The van der Waals surface area contributed by atoms with Gasteiger partial charge in [-0.2, -0.15) is 0 Å². The van der Waals surface area contributed by atoms with Gasteiger partial charge in [0.25, 0.3) is 15.7 Å². The van der Waals surface area contributed by atoms with E-state index in [0.717, 1.165) is 6.07 Å². The highest BCUT2D eigenvalue weighted by atomic mass is 32.2. The van der Waals surface area contributed by atoms with Crippen molar-refractivity contribution in [2.24, 2.45) is 0 Å². The van der Waals surface area contributed by atoms with Gasteiger partial charge in [0.05, 0.1) is 10.6 Å². The fourth-order valence-electron chi connectivity index (χ4n) is 2.36.